The van der Waals surface area contributed by atoms with E-state index in [4.69, 9.17) is 0 Å². The Morgan fingerprint density at radius 2 is 1.72 bits per heavy atom. The Kier molecular flexibility index (Phi) is 5.88. The minimum absolute atomic E-state index is 0.432. The summed E-state index contributed by atoms with van der Waals surface area (Å²) in [6.07, 6.45) is 12.3. The summed E-state index contributed by atoms with van der Waals surface area (Å²) in [6.45, 7) is 7.83. The number of benzene rings is 2. The molecule has 3 aliphatic carbocycles. The Morgan fingerprint density at radius 3 is 2.38 bits per heavy atom. The molecule has 3 saturated carbocycles. The molecule has 2 bridgehead atoms. The van der Waals surface area contributed by atoms with E-state index in [9.17, 15) is 0 Å². The number of hydrogen-bond acceptors (Lipinski definition) is 3. The van der Waals surface area contributed by atoms with E-state index in [1.807, 2.05) is 17.5 Å². The summed E-state index contributed by atoms with van der Waals surface area (Å²) in [4.78, 5) is 5.81. The van der Waals surface area contributed by atoms with Gasteiger partial charge in [0.1, 0.15) is 0 Å². The molecule has 32 heavy (non-hydrogen) atoms. The van der Waals surface area contributed by atoms with Gasteiger partial charge in [0.25, 0.3) is 0 Å². The Balaban J connectivity index is 1.25. The van der Waals surface area contributed by atoms with Gasteiger partial charge in [0, 0.05) is 18.4 Å². The van der Waals surface area contributed by atoms with Crippen LogP contribution >= 0.6 is 11.3 Å². The Labute approximate surface area is 197 Å². The van der Waals surface area contributed by atoms with E-state index in [0.717, 1.165) is 19.4 Å². The monoisotopic (exact) mass is 444 g/mol. The maximum absolute atomic E-state index is 4.53. The van der Waals surface area contributed by atoms with Crippen LogP contribution in [-0.4, -0.2) is 11.5 Å². The standard InChI is InChI=1S/C29H36N2S/c1-4-22-9-10-24(17-21(22)3)29-14-11-28(12-15-29,13-16-29)20-31-25-8-6-7-23(18-25)26-19-30-27(5-2)32-26/h6-10,17-19,31H,4-5,11-16,20H2,1-3H3. The Hall–Kier alpha value is -2.13. The number of fused-ring (bicyclic) bond motifs is 3. The van der Waals surface area contributed by atoms with Crippen molar-refractivity contribution in [2.75, 3.05) is 11.9 Å². The van der Waals surface area contributed by atoms with E-state index in [1.165, 1.54) is 70.8 Å². The lowest BCUT2D eigenvalue weighted by Gasteiger charge is -2.54. The molecule has 0 aliphatic heterocycles. The summed E-state index contributed by atoms with van der Waals surface area (Å²) in [7, 11) is 0. The molecule has 3 aliphatic rings. The van der Waals surface area contributed by atoms with Gasteiger partial charge in [-0.2, -0.15) is 0 Å². The summed E-state index contributed by atoms with van der Waals surface area (Å²) in [5.41, 5.74) is 8.02. The lowest BCUT2D eigenvalue weighted by molar-refractivity contribution is 0.0506. The average Bonchev–Trinajstić information content (AvgIpc) is 3.34. The van der Waals surface area contributed by atoms with Gasteiger partial charge < -0.3 is 5.32 Å². The van der Waals surface area contributed by atoms with E-state index in [0.29, 0.717) is 10.8 Å². The first kappa shape index (κ1) is 21.7. The van der Waals surface area contributed by atoms with E-state index in [1.54, 1.807) is 5.56 Å². The van der Waals surface area contributed by atoms with Gasteiger partial charge in [0.2, 0.25) is 0 Å². The van der Waals surface area contributed by atoms with Crippen LogP contribution in [0.15, 0.2) is 48.7 Å². The third-order valence-corrected chi connectivity index (χ3v) is 9.60. The van der Waals surface area contributed by atoms with Gasteiger partial charge in [-0.25, -0.2) is 4.98 Å². The second-order valence-electron chi connectivity index (χ2n) is 10.2. The number of thiazole rings is 1. The molecule has 1 N–H and O–H groups in total. The van der Waals surface area contributed by atoms with E-state index >= 15 is 0 Å². The van der Waals surface area contributed by atoms with Crippen LogP contribution in [0.25, 0.3) is 10.4 Å². The van der Waals surface area contributed by atoms with Crippen LogP contribution in [0.1, 0.15) is 74.1 Å². The topological polar surface area (TPSA) is 24.9 Å². The van der Waals surface area contributed by atoms with Crippen molar-refractivity contribution >= 4 is 17.0 Å². The Bertz CT molecular complexity index is 1070. The highest BCUT2D eigenvalue weighted by atomic mass is 32.1. The second kappa shape index (κ2) is 8.67. The molecule has 168 valence electrons. The zero-order valence-corrected chi connectivity index (χ0v) is 20.7. The molecule has 0 unspecified atom stereocenters. The molecule has 3 heteroatoms. The number of aryl methyl sites for hydroxylation is 3. The van der Waals surface area contributed by atoms with Gasteiger partial charge >= 0.3 is 0 Å². The van der Waals surface area contributed by atoms with Crippen molar-refractivity contribution in [1.82, 2.24) is 4.98 Å². The van der Waals surface area contributed by atoms with Crippen LogP contribution in [0.2, 0.25) is 0 Å². The lowest BCUT2D eigenvalue weighted by Crippen LogP contribution is -2.47. The Morgan fingerprint density at radius 1 is 0.938 bits per heavy atom. The zero-order valence-electron chi connectivity index (χ0n) is 19.8. The molecule has 0 saturated heterocycles. The molecule has 3 aromatic rings. The maximum Gasteiger partial charge on any atom is 0.0928 e. The van der Waals surface area contributed by atoms with Gasteiger partial charge in [0.15, 0.2) is 0 Å². The van der Waals surface area contributed by atoms with Crippen molar-refractivity contribution in [3.63, 3.8) is 0 Å². The van der Waals surface area contributed by atoms with Crippen LogP contribution < -0.4 is 5.32 Å². The number of aromatic nitrogens is 1. The SMILES string of the molecule is CCc1ncc(-c2cccc(NCC34CCC(c5ccc(CC)c(C)c5)(CC3)CC4)c2)s1. The van der Waals surface area contributed by atoms with Gasteiger partial charge in [-0.3, -0.25) is 0 Å². The van der Waals surface area contributed by atoms with Crippen molar-refractivity contribution < 1.29 is 0 Å². The smallest absolute Gasteiger partial charge is 0.0928 e. The zero-order chi connectivity index (χ0) is 22.2. The van der Waals surface area contributed by atoms with Crippen molar-refractivity contribution in [3.8, 4) is 10.4 Å². The largest absolute Gasteiger partial charge is 0.384 e. The molecule has 3 fully saturated rings. The average molecular weight is 445 g/mol. The molecule has 1 heterocycles. The molecular formula is C29H36N2S. The van der Waals surface area contributed by atoms with Gasteiger partial charge in [-0.05, 0) is 104 Å². The van der Waals surface area contributed by atoms with Gasteiger partial charge in [-0.15, -0.1) is 11.3 Å². The minimum atomic E-state index is 0.432. The molecule has 0 radical (unpaired) electrons. The van der Waals surface area contributed by atoms with Crippen LogP contribution in [-0.2, 0) is 18.3 Å². The summed E-state index contributed by atoms with van der Waals surface area (Å²) >= 11 is 1.81. The van der Waals surface area contributed by atoms with Crippen LogP contribution in [0.3, 0.4) is 0 Å². The summed E-state index contributed by atoms with van der Waals surface area (Å²) in [5.74, 6) is 0. The highest BCUT2D eigenvalue weighted by Crippen LogP contribution is 2.57. The molecule has 6 rings (SSSR count). The van der Waals surface area contributed by atoms with Crippen LogP contribution in [0.5, 0.6) is 0 Å². The molecule has 2 nitrogen and oxygen atoms in total. The van der Waals surface area contributed by atoms with Crippen LogP contribution in [0.4, 0.5) is 5.69 Å². The predicted molar refractivity (Wildman–Crippen MR) is 138 cm³/mol. The molecule has 2 aromatic carbocycles. The van der Waals surface area contributed by atoms with E-state index in [2.05, 4.69) is 73.5 Å². The fourth-order valence-electron chi connectivity index (χ4n) is 6.06. The van der Waals surface area contributed by atoms with Crippen molar-refractivity contribution in [3.05, 3.63) is 70.4 Å². The number of nitrogens with one attached hydrogen (secondary N) is 1. The quantitative estimate of drug-likeness (QED) is 0.400. The second-order valence-corrected chi connectivity index (χ2v) is 11.3. The van der Waals surface area contributed by atoms with Crippen molar-refractivity contribution in [1.29, 1.82) is 0 Å². The number of hydrogen-bond donors (Lipinski definition) is 1. The fourth-order valence-corrected chi connectivity index (χ4v) is 6.92. The third kappa shape index (κ3) is 4.01. The van der Waals surface area contributed by atoms with Crippen molar-refractivity contribution in [2.24, 2.45) is 5.41 Å². The van der Waals surface area contributed by atoms with E-state index in [-0.39, 0.29) is 0 Å². The predicted octanol–water partition coefficient (Wildman–Crippen LogP) is 7.95. The van der Waals surface area contributed by atoms with Gasteiger partial charge in [0.05, 0.1) is 9.88 Å². The first-order valence-corrected chi connectivity index (χ1v) is 13.3. The van der Waals surface area contributed by atoms with Crippen molar-refractivity contribution in [2.45, 2.75) is 77.6 Å². The first-order valence-electron chi connectivity index (χ1n) is 12.4. The van der Waals surface area contributed by atoms with Crippen LogP contribution in [0, 0.1) is 12.3 Å². The minimum Gasteiger partial charge on any atom is -0.384 e. The maximum atomic E-state index is 4.53. The van der Waals surface area contributed by atoms with Gasteiger partial charge in [-0.1, -0.05) is 44.2 Å². The summed E-state index contributed by atoms with van der Waals surface area (Å²) < 4.78 is 0. The summed E-state index contributed by atoms with van der Waals surface area (Å²) in [5, 5.41) is 5.04. The lowest BCUT2D eigenvalue weighted by atomic mass is 9.52. The fraction of sp³-hybridized carbons (Fsp3) is 0.483. The molecule has 0 spiro atoms. The third-order valence-electron chi connectivity index (χ3n) is 8.41. The first-order chi connectivity index (χ1) is 15.5. The summed E-state index contributed by atoms with van der Waals surface area (Å²) in [6, 6.07) is 16.2. The molecule has 0 atom stereocenters. The molecule has 0 amide bonds. The highest BCUT2D eigenvalue weighted by molar-refractivity contribution is 7.15. The molecule has 1 aromatic heterocycles. The number of nitrogens with zero attached hydrogens (tertiary/aromatic N) is 1. The van der Waals surface area contributed by atoms with E-state index < -0.39 is 0 Å². The normalized spacial score (nSPS) is 24.6. The highest BCUT2D eigenvalue weighted by Gasteiger charge is 2.49. The number of rotatable bonds is 7. The number of anilines is 1. The molecular weight excluding hydrogens is 408 g/mol.